The number of thioether (sulfide) groups is 1. The zero-order valence-corrected chi connectivity index (χ0v) is 21.6. The number of aliphatic hydroxyl groups is 2. The zero-order chi connectivity index (χ0) is 26.8. The second kappa shape index (κ2) is 11.5. The Kier molecular flexibility index (Phi) is 8.11. The van der Waals surface area contributed by atoms with Crippen molar-refractivity contribution in [1.82, 2.24) is 25.0 Å². The molecule has 5 atom stereocenters. The summed E-state index contributed by atoms with van der Waals surface area (Å²) in [6.45, 7) is -0.606. The van der Waals surface area contributed by atoms with E-state index in [1.165, 1.54) is 35.1 Å². The monoisotopic (exact) mass is 613 g/mol. The Labute approximate surface area is 225 Å². The molecule has 2 N–H and O–H groups in total. The Hall–Kier alpha value is -2.82. The molecule has 4 heterocycles. The van der Waals surface area contributed by atoms with E-state index in [-0.39, 0.29) is 23.8 Å². The van der Waals surface area contributed by atoms with Crippen molar-refractivity contribution >= 4 is 27.7 Å². The molecule has 0 radical (unpaired) electrons. The van der Waals surface area contributed by atoms with Gasteiger partial charge in [0.25, 0.3) is 0 Å². The van der Waals surface area contributed by atoms with Crippen LogP contribution in [0.4, 0.5) is 13.2 Å². The number of aromatic nitrogens is 5. The molecule has 0 bridgehead atoms. The van der Waals surface area contributed by atoms with Gasteiger partial charge in [0.05, 0.1) is 19.0 Å². The molecule has 4 aromatic rings. The lowest BCUT2D eigenvalue weighted by Gasteiger charge is -2.43. The highest BCUT2D eigenvalue weighted by atomic mass is 79.9. The van der Waals surface area contributed by atoms with E-state index in [0.717, 1.165) is 16.6 Å². The quantitative estimate of drug-likeness (QED) is 0.285. The van der Waals surface area contributed by atoms with Crippen LogP contribution in [0.25, 0.3) is 11.3 Å². The fraction of sp³-hybridized carbons (Fsp3) is 0.304. The lowest BCUT2D eigenvalue weighted by atomic mass is 9.97. The zero-order valence-electron chi connectivity index (χ0n) is 19.2. The van der Waals surface area contributed by atoms with Crippen molar-refractivity contribution in [3.05, 3.63) is 77.1 Å². The topological polar surface area (TPSA) is 129 Å². The minimum atomic E-state index is -1.60. The number of halogens is 4. The Morgan fingerprint density at radius 2 is 1.95 bits per heavy atom. The van der Waals surface area contributed by atoms with E-state index in [1.54, 1.807) is 12.4 Å². The van der Waals surface area contributed by atoms with Crippen molar-refractivity contribution in [2.45, 2.75) is 41.3 Å². The van der Waals surface area contributed by atoms with Crippen molar-refractivity contribution in [3.8, 4) is 11.3 Å². The Bertz CT molecular complexity index is 1370. The number of benzene rings is 1. The second-order valence-corrected chi connectivity index (χ2v) is 10.3. The molecule has 1 aliphatic heterocycles. The van der Waals surface area contributed by atoms with Gasteiger partial charge in [0.1, 0.15) is 48.4 Å². The number of rotatable bonds is 8. The van der Waals surface area contributed by atoms with E-state index in [2.05, 4.69) is 36.2 Å². The molecule has 0 saturated carbocycles. The van der Waals surface area contributed by atoms with Gasteiger partial charge in [-0.15, -0.1) is 5.10 Å². The number of pyridine rings is 1. The third kappa shape index (κ3) is 5.62. The minimum absolute atomic E-state index is 0.0221. The maximum absolute atomic E-state index is 13.8. The van der Waals surface area contributed by atoms with Crippen LogP contribution in [0.15, 0.2) is 63.0 Å². The largest absolute Gasteiger partial charge is 0.446 e. The maximum atomic E-state index is 13.8. The van der Waals surface area contributed by atoms with E-state index < -0.39 is 53.8 Å². The van der Waals surface area contributed by atoms with Crippen molar-refractivity contribution in [1.29, 1.82) is 0 Å². The van der Waals surface area contributed by atoms with Crippen molar-refractivity contribution in [3.63, 3.8) is 0 Å². The number of ether oxygens (including phenoxy) is 2. The van der Waals surface area contributed by atoms with Gasteiger partial charge in [0.2, 0.25) is 5.89 Å². The number of hydrogen-bond donors (Lipinski definition) is 2. The molecule has 0 aliphatic carbocycles. The maximum Gasteiger partial charge on any atom is 0.219 e. The summed E-state index contributed by atoms with van der Waals surface area (Å²) in [5.74, 6) is -4.10. The molecule has 38 heavy (non-hydrogen) atoms. The molecule has 1 fully saturated rings. The van der Waals surface area contributed by atoms with Gasteiger partial charge in [0.15, 0.2) is 17.5 Å². The molecule has 3 aromatic heterocycles. The molecular weight excluding hydrogens is 595 g/mol. The average molecular weight is 614 g/mol. The predicted molar refractivity (Wildman–Crippen MR) is 129 cm³/mol. The van der Waals surface area contributed by atoms with Crippen LogP contribution in [0.1, 0.15) is 11.9 Å². The van der Waals surface area contributed by atoms with Crippen molar-refractivity contribution in [2.24, 2.45) is 0 Å². The first-order valence-electron chi connectivity index (χ1n) is 11.1. The highest BCUT2D eigenvalue weighted by Gasteiger charge is 2.48. The number of oxazole rings is 1. The number of hydrogen-bond acceptors (Lipinski definition) is 10. The van der Waals surface area contributed by atoms with Crippen LogP contribution in [-0.2, 0) is 16.1 Å². The van der Waals surface area contributed by atoms with Gasteiger partial charge in [-0.05, 0) is 34.1 Å². The second-order valence-electron chi connectivity index (χ2n) is 8.20. The fourth-order valence-corrected chi connectivity index (χ4v) is 5.65. The van der Waals surface area contributed by atoms with Crippen LogP contribution in [0, 0.1) is 17.5 Å². The summed E-state index contributed by atoms with van der Waals surface area (Å²) >= 11 is 4.61. The van der Waals surface area contributed by atoms with Crippen LogP contribution < -0.4 is 0 Å². The molecule has 5 rings (SSSR count). The molecule has 0 amide bonds. The Balaban J connectivity index is 1.51. The number of aliphatic hydroxyl groups excluding tert-OH is 2. The Morgan fingerprint density at radius 3 is 2.63 bits per heavy atom. The third-order valence-corrected chi connectivity index (χ3v) is 7.28. The van der Waals surface area contributed by atoms with Crippen molar-refractivity contribution in [2.75, 3.05) is 6.61 Å². The molecule has 2 unspecified atom stereocenters. The fourth-order valence-electron chi connectivity index (χ4n) is 3.98. The summed E-state index contributed by atoms with van der Waals surface area (Å²) in [5.41, 5.74) is -0.829. The van der Waals surface area contributed by atoms with Gasteiger partial charge >= 0.3 is 0 Å². The molecule has 200 valence electrons. The van der Waals surface area contributed by atoms with Crippen LogP contribution in [-0.4, -0.2) is 65.5 Å². The van der Waals surface area contributed by atoms with Crippen LogP contribution in [0.2, 0.25) is 0 Å². The van der Waals surface area contributed by atoms with Gasteiger partial charge in [-0.25, -0.2) is 22.8 Å². The van der Waals surface area contributed by atoms with Crippen molar-refractivity contribution < 1.29 is 37.3 Å². The SMILES string of the molecule is OCC1O[C@H](Sc2cncc(Br)c2)[C@@H](OCc2ncco2)C(n2cc(-c3cc(F)c(F)c(F)c3)nn2)[C@H]1O. The summed E-state index contributed by atoms with van der Waals surface area (Å²) in [6.07, 6.45) is 4.12. The summed E-state index contributed by atoms with van der Waals surface area (Å²) in [5, 5.41) is 29.1. The lowest BCUT2D eigenvalue weighted by Crippen LogP contribution is -2.55. The van der Waals surface area contributed by atoms with E-state index >= 15 is 0 Å². The van der Waals surface area contributed by atoms with E-state index in [0.29, 0.717) is 4.90 Å². The summed E-state index contributed by atoms with van der Waals surface area (Å²) in [6, 6.07) is 2.41. The van der Waals surface area contributed by atoms with E-state index in [4.69, 9.17) is 13.9 Å². The first kappa shape index (κ1) is 26.8. The van der Waals surface area contributed by atoms with Crippen LogP contribution in [0.3, 0.4) is 0 Å². The molecule has 10 nitrogen and oxygen atoms in total. The standard InChI is InChI=1S/C23H19BrF3N5O5S/c24-12-5-13(7-28-6-12)38-23-22(36-10-18-29-1-2-35-18)20(21(34)17(9-33)37-23)32-8-16(30-31-32)11-3-14(25)19(27)15(26)4-11/h1-8,17,20-23,33-34H,9-10H2/t17?,20?,21-,22-,23+/m0/s1. The summed E-state index contributed by atoms with van der Waals surface area (Å²) < 4.78 is 60.5. The van der Waals surface area contributed by atoms with Gasteiger partial charge in [-0.3, -0.25) is 4.98 Å². The lowest BCUT2D eigenvalue weighted by molar-refractivity contribution is -0.197. The van der Waals surface area contributed by atoms with Gasteiger partial charge < -0.3 is 24.1 Å². The van der Waals surface area contributed by atoms with Gasteiger partial charge in [-0.2, -0.15) is 0 Å². The molecular formula is C23H19BrF3N5O5S. The highest BCUT2D eigenvalue weighted by Crippen LogP contribution is 2.40. The normalized spacial score (nSPS) is 23.6. The first-order valence-corrected chi connectivity index (χ1v) is 12.8. The predicted octanol–water partition coefficient (Wildman–Crippen LogP) is 3.50. The highest BCUT2D eigenvalue weighted by molar-refractivity contribution is 9.10. The molecule has 0 spiro atoms. The molecule has 1 aliphatic rings. The molecule has 15 heteroatoms. The molecule has 1 aromatic carbocycles. The minimum Gasteiger partial charge on any atom is -0.446 e. The third-order valence-electron chi connectivity index (χ3n) is 5.73. The van der Waals surface area contributed by atoms with E-state index in [1.807, 2.05) is 6.07 Å². The van der Waals surface area contributed by atoms with Crippen LogP contribution in [0.5, 0.6) is 0 Å². The number of nitrogens with zero attached hydrogens (tertiary/aromatic N) is 5. The summed E-state index contributed by atoms with van der Waals surface area (Å²) in [7, 11) is 0. The Morgan fingerprint density at radius 1 is 1.16 bits per heavy atom. The van der Waals surface area contributed by atoms with Gasteiger partial charge in [0, 0.05) is 27.3 Å². The van der Waals surface area contributed by atoms with Crippen LogP contribution >= 0.6 is 27.7 Å². The van der Waals surface area contributed by atoms with Gasteiger partial charge in [-0.1, -0.05) is 17.0 Å². The average Bonchev–Trinajstić information content (AvgIpc) is 3.59. The summed E-state index contributed by atoms with van der Waals surface area (Å²) in [4.78, 5) is 8.89. The first-order chi connectivity index (χ1) is 18.3. The van der Waals surface area contributed by atoms with E-state index in [9.17, 15) is 23.4 Å². The smallest absolute Gasteiger partial charge is 0.219 e. The molecule has 1 saturated heterocycles.